The van der Waals surface area contributed by atoms with Crippen LogP contribution in [0.1, 0.15) is 34.3 Å². The minimum absolute atomic E-state index is 0.0693. The first kappa shape index (κ1) is 24.4. The van der Waals surface area contributed by atoms with E-state index in [0.29, 0.717) is 31.7 Å². The van der Waals surface area contributed by atoms with E-state index in [1.165, 1.54) is 18.2 Å². The summed E-state index contributed by atoms with van der Waals surface area (Å²) in [4.78, 5) is 40.4. The predicted molar refractivity (Wildman–Crippen MR) is 118 cm³/mol. The molecule has 2 aromatic rings. The van der Waals surface area contributed by atoms with Crippen LogP contribution in [0.15, 0.2) is 48.5 Å². The fourth-order valence-electron chi connectivity index (χ4n) is 3.65. The maximum atomic E-state index is 13.1. The molecule has 176 valence electrons. The van der Waals surface area contributed by atoms with Crippen molar-refractivity contribution in [2.24, 2.45) is 0 Å². The number of carbonyl (C=O) groups excluding carboxylic acids is 3. The van der Waals surface area contributed by atoms with Crippen LogP contribution < -0.4 is 5.32 Å². The van der Waals surface area contributed by atoms with Crippen LogP contribution in [-0.2, 0) is 15.8 Å². The molecule has 0 spiro atoms. The maximum Gasteiger partial charge on any atom is 0.418 e. The van der Waals surface area contributed by atoms with Crippen LogP contribution in [0, 0.1) is 6.92 Å². The van der Waals surface area contributed by atoms with Gasteiger partial charge in [-0.3, -0.25) is 19.3 Å². The number of halogens is 3. The lowest BCUT2D eigenvalue weighted by Gasteiger charge is -2.34. The molecule has 0 aliphatic carbocycles. The number of nitrogens with zero attached hydrogens (tertiary/aromatic N) is 2. The van der Waals surface area contributed by atoms with E-state index in [9.17, 15) is 27.6 Å². The highest BCUT2D eigenvalue weighted by Crippen LogP contribution is 2.34. The quantitative estimate of drug-likeness (QED) is 0.638. The molecule has 0 bridgehead atoms. The van der Waals surface area contributed by atoms with Crippen molar-refractivity contribution < 1.29 is 27.6 Å². The number of aryl methyl sites for hydroxylation is 1. The third-order valence-electron chi connectivity index (χ3n) is 5.54. The van der Waals surface area contributed by atoms with Gasteiger partial charge in [-0.05, 0) is 19.1 Å². The molecule has 1 saturated heterocycles. The van der Waals surface area contributed by atoms with E-state index in [-0.39, 0.29) is 36.8 Å². The first-order valence-electron chi connectivity index (χ1n) is 10.7. The van der Waals surface area contributed by atoms with Gasteiger partial charge in [0.25, 0.3) is 0 Å². The fourth-order valence-corrected chi connectivity index (χ4v) is 3.65. The van der Waals surface area contributed by atoms with Crippen molar-refractivity contribution in [3.8, 4) is 0 Å². The standard InChI is InChI=1S/C24H26F3N3O3/c1-17-6-8-18(9-7-17)21(31)10-11-23(33)30-14-12-29(13-15-30)16-22(32)28-20-5-3-2-4-19(20)24(25,26)27/h2-9H,10-16H2,1H3,(H,28,32). The van der Waals surface area contributed by atoms with Crippen molar-refractivity contribution in [1.82, 2.24) is 9.80 Å². The number of hydrogen-bond donors (Lipinski definition) is 1. The molecule has 9 heteroatoms. The number of piperazine rings is 1. The first-order valence-corrected chi connectivity index (χ1v) is 10.7. The summed E-state index contributed by atoms with van der Waals surface area (Å²) in [6.07, 6.45) is -4.32. The number of amides is 2. The molecule has 0 aromatic heterocycles. The summed E-state index contributed by atoms with van der Waals surface area (Å²) >= 11 is 0. The second kappa shape index (κ2) is 10.6. The Balaban J connectivity index is 1.43. The Kier molecular flexibility index (Phi) is 7.86. The molecule has 1 heterocycles. The number of hydrogen-bond acceptors (Lipinski definition) is 4. The van der Waals surface area contributed by atoms with Crippen LogP contribution >= 0.6 is 0 Å². The van der Waals surface area contributed by atoms with Gasteiger partial charge in [0.05, 0.1) is 17.8 Å². The summed E-state index contributed by atoms with van der Waals surface area (Å²) in [7, 11) is 0. The van der Waals surface area contributed by atoms with Gasteiger partial charge in [-0.2, -0.15) is 13.2 Å². The second-order valence-electron chi connectivity index (χ2n) is 8.04. The van der Waals surface area contributed by atoms with Crippen molar-refractivity contribution in [2.45, 2.75) is 25.9 Å². The van der Waals surface area contributed by atoms with E-state index in [1.807, 2.05) is 19.1 Å². The van der Waals surface area contributed by atoms with Crippen molar-refractivity contribution in [3.05, 3.63) is 65.2 Å². The zero-order chi connectivity index (χ0) is 24.0. The molecule has 2 aromatic carbocycles. The summed E-state index contributed by atoms with van der Waals surface area (Å²) in [5, 5.41) is 2.33. The van der Waals surface area contributed by atoms with Crippen molar-refractivity contribution >= 4 is 23.3 Å². The molecule has 33 heavy (non-hydrogen) atoms. The second-order valence-corrected chi connectivity index (χ2v) is 8.04. The number of Topliss-reactive ketones (excluding diaryl/α,β-unsaturated/α-hetero) is 1. The van der Waals surface area contributed by atoms with Gasteiger partial charge in [0.2, 0.25) is 11.8 Å². The van der Waals surface area contributed by atoms with Crippen molar-refractivity contribution in [2.75, 3.05) is 38.0 Å². The van der Waals surface area contributed by atoms with Gasteiger partial charge in [-0.25, -0.2) is 0 Å². The van der Waals surface area contributed by atoms with E-state index >= 15 is 0 Å². The number of nitrogens with one attached hydrogen (secondary N) is 1. The van der Waals surface area contributed by atoms with E-state index in [4.69, 9.17) is 0 Å². The van der Waals surface area contributed by atoms with Crippen LogP contribution in [0.5, 0.6) is 0 Å². The first-order chi connectivity index (χ1) is 15.6. The normalized spacial score (nSPS) is 14.7. The number of alkyl halides is 3. The average molecular weight is 461 g/mol. The molecule has 2 amide bonds. The summed E-state index contributed by atoms with van der Waals surface area (Å²) in [5.74, 6) is -0.758. The van der Waals surface area contributed by atoms with Crippen LogP contribution in [0.25, 0.3) is 0 Å². The number of ketones is 1. The zero-order valence-electron chi connectivity index (χ0n) is 18.3. The monoisotopic (exact) mass is 461 g/mol. The molecule has 0 radical (unpaired) electrons. The SMILES string of the molecule is Cc1ccc(C(=O)CCC(=O)N2CCN(CC(=O)Nc3ccccc3C(F)(F)F)CC2)cc1. The summed E-state index contributed by atoms with van der Waals surface area (Å²) in [6.45, 7) is 3.49. The lowest BCUT2D eigenvalue weighted by molar-refractivity contribution is -0.137. The van der Waals surface area contributed by atoms with Crippen molar-refractivity contribution in [3.63, 3.8) is 0 Å². The molecule has 0 saturated carbocycles. The molecule has 3 rings (SSSR count). The van der Waals surface area contributed by atoms with Gasteiger partial charge in [0.15, 0.2) is 5.78 Å². The van der Waals surface area contributed by atoms with Gasteiger partial charge in [0.1, 0.15) is 0 Å². The lowest BCUT2D eigenvalue weighted by Crippen LogP contribution is -2.50. The molecular weight excluding hydrogens is 435 g/mol. The molecule has 1 fully saturated rings. The Hall–Kier alpha value is -3.20. The smallest absolute Gasteiger partial charge is 0.340 e. The largest absolute Gasteiger partial charge is 0.418 e. The molecule has 0 atom stereocenters. The van der Waals surface area contributed by atoms with Crippen LogP contribution in [0.3, 0.4) is 0 Å². The van der Waals surface area contributed by atoms with Gasteiger partial charge < -0.3 is 10.2 Å². The minimum atomic E-state index is -4.56. The van der Waals surface area contributed by atoms with Crippen LogP contribution in [0.2, 0.25) is 0 Å². The zero-order valence-corrected chi connectivity index (χ0v) is 18.3. The Morgan fingerprint density at radius 3 is 2.18 bits per heavy atom. The molecule has 1 aliphatic heterocycles. The van der Waals surface area contributed by atoms with E-state index in [0.717, 1.165) is 11.6 Å². The molecule has 6 nitrogen and oxygen atoms in total. The summed E-state index contributed by atoms with van der Waals surface area (Å²) < 4.78 is 39.2. The number of benzene rings is 2. The van der Waals surface area contributed by atoms with Gasteiger partial charge in [0, 0.05) is 44.6 Å². The Bertz CT molecular complexity index is 998. The highest BCUT2D eigenvalue weighted by atomic mass is 19.4. The number of carbonyl (C=O) groups is 3. The molecular formula is C24H26F3N3O3. The number of anilines is 1. The van der Waals surface area contributed by atoms with Gasteiger partial charge in [-0.1, -0.05) is 42.0 Å². The average Bonchev–Trinajstić information content (AvgIpc) is 2.78. The van der Waals surface area contributed by atoms with E-state index < -0.39 is 17.6 Å². The number of para-hydroxylation sites is 1. The Labute approximate surface area is 190 Å². The fraction of sp³-hybridized carbons (Fsp3) is 0.375. The lowest BCUT2D eigenvalue weighted by atomic mass is 10.0. The summed E-state index contributed by atoms with van der Waals surface area (Å²) in [5.41, 5.74) is 0.464. The topological polar surface area (TPSA) is 69.7 Å². The third kappa shape index (κ3) is 6.89. The van der Waals surface area contributed by atoms with Gasteiger partial charge in [-0.15, -0.1) is 0 Å². The van der Waals surface area contributed by atoms with Crippen molar-refractivity contribution in [1.29, 1.82) is 0 Å². The third-order valence-corrected chi connectivity index (χ3v) is 5.54. The molecule has 0 unspecified atom stereocenters. The number of rotatable bonds is 7. The Morgan fingerprint density at radius 2 is 1.55 bits per heavy atom. The predicted octanol–water partition coefficient (Wildman–Crippen LogP) is 3.76. The van der Waals surface area contributed by atoms with E-state index in [2.05, 4.69) is 5.32 Å². The van der Waals surface area contributed by atoms with Crippen LogP contribution in [-0.4, -0.2) is 60.1 Å². The highest BCUT2D eigenvalue weighted by Gasteiger charge is 2.33. The Morgan fingerprint density at radius 1 is 0.909 bits per heavy atom. The van der Waals surface area contributed by atoms with Gasteiger partial charge >= 0.3 is 6.18 Å². The summed E-state index contributed by atoms with van der Waals surface area (Å²) in [6, 6.07) is 12.0. The minimum Gasteiger partial charge on any atom is -0.340 e. The van der Waals surface area contributed by atoms with E-state index in [1.54, 1.807) is 21.9 Å². The molecule has 1 N–H and O–H groups in total. The molecule has 1 aliphatic rings. The van der Waals surface area contributed by atoms with Crippen LogP contribution in [0.4, 0.5) is 18.9 Å². The highest BCUT2D eigenvalue weighted by molar-refractivity contribution is 5.98. The maximum absolute atomic E-state index is 13.1.